The van der Waals surface area contributed by atoms with Gasteiger partial charge in [0.25, 0.3) is 0 Å². The fraction of sp³-hybridized carbons (Fsp3) is 0.733. The van der Waals surface area contributed by atoms with Crippen molar-refractivity contribution in [2.75, 3.05) is 6.54 Å². The Morgan fingerprint density at radius 1 is 1.29 bits per heavy atom. The van der Waals surface area contributed by atoms with Crippen LogP contribution in [0, 0.1) is 11.8 Å². The van der Waals surface area contributed by atoms with Crippen LogP contribution in [0.5, 0.6) is 0 Å². The van der Waals surface area contributed by atoms with E-state index < -0.39 is 10.0 Å². The molecular weight excluding hydrogens is 304 g/mol. The van der Waals surface area contributed by atoms with E-state index in [2.05, 4.69) is 23.9 Å². The van der Waals surface area contributed by atoms with Crippen LogP contribution in [0.4, 0.5) is 0 Å². The summed E-state index contributed by atoms with van der Waals surface area (Å²) in [6, 6.07) is 3.69. The molecule has 0 bridgehead atoms. The molecule has 0 saturated heterocycles. The molecule has 0 aliphatic heterocycles. The smallest absolute Gasteiger partial charge is 0.250 e. The molecule has 0 aromatic carbocycles. The molecule has 2 N–H and O–H groups in total. The number of sulfonamides is 1. The van der Waals surface area contributed by atoms with Crippen molar-refractivity contribution in [3.05, 3.63) is 17.0 Å². The van der Waals surface area contributed by atoms with Gasteiger partial charge in [0.05, 0.1) is 0 Å². The maximum Gasteiger partial charge on any atom is 0.250 e. The van der Waals surface area contributed by atoms with Gasteiger partial charge in [0.1, 0.15) is 4.21 Å². The third-order valence-corrected chi connectivity index (χ3v) is 7.26. The van der Waals surface area contributed by atoms with Crippen LogP contribution in [-0.2, 0) is 16.6 Å². The predicted molar refractivity (Wildman–Crippen MR) is 88.0 cm³/mol. The van der Waals surface area contributed by atoms with Crippen molar-refractivity contribution >= 4 is 21.4 Å². The first-order valence-corrected chi connectivity index (χ1v) is 10.0. The highest BCUT2D eigenvalue weighted by Gasteiger charge is 2.29. The molecule has 1 saturated carbocycles. The van der Waals surface area contributed by atoms with Crippen LogP contribution in [0.3, 0.4) is 0 Å². The standard InChI is InChI=1S/C15H26N2O2S2/c1-4-16-10-13-6-8-15(20-13)21(18,19)17-14-7-5-11(2)9-12(14)3/h6,8,11-12,14,16-17H,4-5,7,9-10H2,1-3H3. The summed E-state index contributed by atoms with van der Waals surface area (Å²) in [5.74, 6) is 1.11. The average Bonchev–Trinajstić information content (AvgIpc) is 2.89. The molecule has 1 heterocycles. The molecule has 1 aliphatic carbocycles. The third kappa shape index (κ3) is 4.52. The normalized spacial score (nSPS) is 26.9. The molecule has 3 atom stereocenters. The summed E-state index contributed by atoms with van der Waals surface area (Å²) in [5, 5.41) is 3.22. The Morgan fingerprint density at radius 2 is 2.05 bits per heavy atom. The van der Waals surface area contributed by atoms with Crippen LogP contribution in [-0.4, -0.2) is 21.0 Å². The lowest BCUT2D eigenvalue weighted by atomic mass is 9.80. The van der Waals surface area contributed by atoms with Gasteiger partial charge in [0.2, 0.25) is 10.0 Å². The van der Waals surface area contributed by atoms with Crippen molar-refractivity contribution in [1.82, 2.24) is 10.0 Å². The van der Waals surface area contributed by atoms with E-state index in [1.807, 2.05) is 13.0 Å². The van der Waals surface area contributed by atoms with Crippen molar-refractivity contribution in [1.29, 1.82) is 0 Å². The van der Waals surface area contributed by atoms with Gasteiger partial charge in [-0.15, -0.1) is 11.3 Å². The first-order chi connectivity index (χ1) is 9.92. The Labute approximate surface area is 132 Å². The number of hydrogen-bond donors (Lipinski definition) is 2. The molecule has 0 spiro atoms. The lowest BCUT2D eigenvalue weighted by molar-refractivity contribution is 0.249. The minimum absolute atomic E-state index is 0.0746. The van der Waals surface area contributed by atoms with Crippen molar-refractivity contribution in [2.24, 2.45) is 11.8 Å². The van der Waals surface area contributed by atoms with Crippen LogP contribution >= 0.6 is 11.3 Å². The van der Waals surface area contributed by atoms with Gasteiger partial charge in [0, 0.05) is 17.5 Å². The zero-order chi connectivity index (χ0) is 15.5. The Balaban J connectivity index is 2.02. The minimum atomic E-state index is -3.37. The van der Waals surface area contributed by atoms with Crippen LogP contribution in [0.2, 0.25) is 0 Å². The highest BCUT2D eigenvalue weighted by molar-refractivity contribution is 7.91. The van der Waals surface area contributed by atoms with Gasteiger partial charge >= 0.3 is 0 Å². The summed E-state index contributed by atoms with van der Waals surface area (Å²) in [7, 11) is -3.37. The second kappa shape index (κ2) is 7.22. The third-order valence-electron chi connectivity index (χ3n) is 4.19. The topological polar surface area (TPSA) is 58.2 Å². The SMILES string of the molecule is CCNCc1ccc(S(=O)(=O)NC2CCC(C)CC2C)s1. The van der Waals surface area contributed by atoms with Crippen molar-refractivity contribution in [2.45, 2.75) is 56.8 Å². The van der Waals surface area contributed by atoms with Crippen LogP contribution in [0.15, 0.2) is 16.3 Å². The van der Waals surface area contributed by atoms with Crippen molar-refractivity contribution in [3.63, 3.8) is 0 Å². The molecule has 6 heteroatoms. The summed E-state index contributed by atoms with van der Waals surface area (Å²) in [6.07, 6.45) is 3.15. The van der Waals surface area contributed by atoms with Gasteiger partial charge in [-0.3, -0.25) is 0 Å². The van der Waals surface area contributed by atoms with Gasteiger partial charge in [0.15, 0.2) is 0 Å². The molecule has 4 nitrogen and oxygen atoms in total. The second-order valence-electron chi connectivity index (χ2n) is 6.12. The van der Waals surface area contributed by atoms with Crippen molar-refractivity contribution in [3.8, 4) is 0 Å². The Hall–Kier alpha value is -0.430. The van der Waals surface area contributed by atoms with E-state index >= 15 is 0 Å². The quantitative estimate of drug-likeness (QED) is 0.843. The summed E-state index contributed by atoms with van der Waals surface area (Å²) in [6.45, 7) is 8.05. The molecule has 0 amide bonds. The molecule has 120 valence electrons. The van der Waals surface area contributed by atoms with Crippen molar-refractivity contribution < 1.29 is 8.42 Å². The monoisotopic (exact) mass is 330 g/mol. The maximum atomic E-state index is 12.5. The first-order valence-electron chi connectivity index (χ1n) is 7.74. The number of thiophene rings is 1. The molecule has 1 aliphatic rings. The average molecular weight is 331 g/mol. The molecule has 2 rings (SSSR count). The van der Waals surface area contributed by atoms with E-state index in [0.29, 0.717) is 16.0 Å². The van der Waals surface area contributed by atoms with Crippen LogP contribution in [0.1, 0.15) is 44.9 Å². The number of hydrogen-bond acceptors (Lipinski definition) is 4. The number of nitrogens with one attached hydrogen (secondary N) is 2. The first kappa shape index (κ1) is 16.9. The van der Waals surface area contributed by atoms with Crippen LogP contribution in [0.25, 0.3) is 0 Å². The highest BCUT2D eigenvalue weighted by atomic mass is 32.2. The lowest BCUT2D eigenvalue weighted by Crippen LogP contribution is -2.42. The van der Waals surface area contributed by atoms with E-state index in [9.17, 15) is 8.42 Å². The fourth-order valence-corrected chi connectivity index (χ4v) is 5.66. The molecule has 1 aromatic heterocycles. The molecule has 0 radical (unpaired) electrons. The minimum Gasteiger partial charge on any atom is -0.312 e. The molecular formula is C15H26N2O2S2. The summed E-state index contributed by atoms with van der Waals surface area (Å²) in [5.41, 5.74) is 0. The van der Waals surface area contributed by atoms with E-state index in [-0.39, 0.29) is 6.04 Å². The van der Waals surface area contributed by atoms with Gasteiger partial charge in [-0.1, -0.05) is 20.8 Å². The van der Waals surface area contributed by atoms with Gasteiger partial charge in [-0.05, 0) is 49.8 Å². The van der Waals surface area contributed by atoms with E-state index in [1.54, 1.807) is 6.07 Å². The Kier molecular flexibility index (Phi) is 5.82. The Bertz CT molecular complexity index is 554. The molecule has 21 heavy (non-hydrogen) atoms. The zero-order valence-electron chi connectivity index (χ0n) is 13.1. The Morgan fingerprint density at radius 3 is 2.71 bits per heavy atom. The maximum absolute atomic E-state index is 12.5. The fourth-order valence-electron chi connectivity index (χ4n) is 2.94. The summed E-state index contributed by atoms with van der Waals surface area (Å²) in [4.78, 5) is 1.06. The van der Waals surface area contributed by atoms with Crippen LogP contribution < -0.4 is 10.0 Å². The van der Waals surface area contributed by atoms with Gasteiger partial charge < -0.3 is 5.32 Å². The van der Waals surface area contributed by atoms with E-state index in [4.69, 9.17) is 0 Å². The van der Waals surface area contributed by atoms with E-state index in [0.717, 1.165) is 37.2 Å². The van der Waals surface area contributed by atoms with E-state index in [1.165, 1.54) is 11.3 Å². The second-order valence-corrected chi connectivity index (χ2v) is 9.23. The predicted octanol–water partition coefficient (Wildman–Crippen LogP) is 2.96. The summed E-state index contributed by atoms with van der Waals surface area (Å²) >= 11 is 1.36. The van der Waals surface area contributed by atoms with Gasteiger partial charge in [-0.25, -0.2) is 13.1 Å². The highest BCUT2D eigenvalue weighted by Crippen LogP contribution is 2.30. The number of rotatable bonds is 6. The molecule has 1 fully saturated rings. The molecule has 3 unspecified atom stereocenters. The largest absolute Gasteiger partial charge is 0.312 e. The molecule has 1 aromatic rings. The summed E-state index contributed by atoms with van der Waals surface area (Å²) < 4.78 is 28.3. The van der Waals surface area contributed by atoms with Gasteiger partial charge in [-0.2, -0.15) is 0 Å². The lowest BCUT2D eigenvalue weighted by Gasteiger charge is -2.32. The zero-order valence-corrected chi connectivity index (χ0v) is 14.7.